The molecule has 2 rings (SSSR count). The summed E-state index contributed by atoms with van der Waals surface area (Å²) in [6.45, 7) is 4.60. The van der Waals surface area contributed by atoms with Gasteiger partial charge in [0.1, 0.15) is 5.52 Å². The van der Waals surface area contributed by atoms with Crippen molar-refractivity contribution < 1.29 is 4.74 Å². The Balaban J connectivity index is 2.54. The number of rotatable bonds is 4. The van der Waals surface area contributed by atoms with Gasteiger partial charge in [0.25, 0.3) is 0 Å². The Hall–Kier alpha value is -1.20. The molecule has 0 aliphatic heterocycles. The van der Waals surface area contributed by atoms with Crippen LogP contribution in [-0.2, 0) is 4.74 Å². The number of hydrogen-bond donors (Lipinski definition) is 0. The molecule has 0 spiro atoms. The molecule has 0 aliphatic carbocycles. The van der Waals surface area contributed by atoms with E-state index in [1.54, 1.807) is 7.11 Å². The summed E-state index contributed by atoms with van der Waals surface area (Å²) in [6.07, 6.45) is 0.922. The molecule has 0 aliphatic rings. The van der Waals surface area contributed by atoms with E-state index in [4.69, 9.17) is 16.3 Å². The third-order valence-corrected chi connectivity index (χ3v) is 2.99. The van der Waals surface area contributed by atoms with Crippen LogP contribution in [-0.4, -0.2) is 33.7 Å². The highest BCUT2D eigenvalue weighted by atomic mass is 35.5. The second-order valence-electron chi connectivity index (χ2n) is 3.97. The second kappa shape index (κ2) is 4.98. The van der Waals surface area contributed by atoms with Crippen molar-refractivity contribution in [2.45, 2.75) is 26.3 Å². The van der Waals surface area contributed by atoms with Crippen LogP contribution in [0.4, 0.5) is 0 Å². The van der Waals surface area contributed by atoms with E-state index in [1.165, 1.54) is 0 Å². The molecule has 2 heterocycles. The Kier molecular flexibility index (Phi) is 3.59. The zero-order chi connectivity index (χ0) is 12.4. The van der Waals surface area contributed by atoms with Crippen molar-refractivity contribution in [3.05, 3.63) is 16.9 Å². The maximum Gasteiger partial charge on any atom is 0.159 e. The molecular formula is C11H15ClN4O. The lowest BCUT2D eigenvalue weighted by Gasteiger charge is -2.14. The monoisotopic (exact) mass is 254 g/mol. The fraction of sp³-hybridized carbons (Fsp3) is 0.545. The zero-order valence-corrected chi connectivity index (χ0v) is 10.9. The third kappa shape index (κ3) is 2.25. The van der Waals surface area contributed by atoms with Crippen molar-refractivity contribution in [2.75, 3.05) is 13.7 Å². The highest BCUT2D eigenvalue weighted by molar-refractivity contribution is 6.33. The molecule has 0 amide bonds. The molecule has 0 radical (unpaired) electrons. The number of aryl methyl sites for hydroxylation is 1. The SMILES string of the molecule is CC[C@H](COC)n1nnc2c(Cl)nc(C)cc21. The van der Waals surface area contributed by atoms with Gasteiger partial charge in [-0.1, -0.05) is 23.7 Å². The van der Waals surface area contributed by atoms with E-state index in [0.29, 0.717) is 17.3 Å². The quantitative estimate of drug-likeness (QED) is 0.786. The molecule has 0 saturated carbocycles. The first-order valence-corrected chi connectivity index (χ1v) is 5.92. The largest absolute Gasteiger partial charge is 0.382 e. The lowest BCUT2D eigenvalue weighted by Crippen LogP contribution is -2.15. The summed E-state index contributed by atoms with van der Waals surface area (Å²) < 4.78 is 7.05. The minimum Gasteiger partial charge on any atom is -0.382 e. The normalized spacial score (nSPS) is 13.2. The van der Waals surface area contributed by atoms with Crippen molar-refractivity contribution in [1.82, 2.24) is 20.0 Å². The van der Waals surface area contributed by atoms with Crippen molar-refractivity contribution in [2.24, 2.45) is 0 Å². The second-order valence-corrected chi connectivity index (χ2v) is 4.33. The standard InChI is InChI=1S/C11H15ClN4O/c1-4-8(6-17-3)16-9-5-7(2)13-11(12)10(9)14-15-16/h5,8H,4,6H2,1-3H3/t8-/m1/s1. The molecule has 0 N–H and O–H groups in total. The van der Waals surface area contributed by atoms with Crippen LogP contribution in [0.5, 0.6) is 0 Å². The molecule has 0 aromatic carbocycles. The van der Waals surface area contributed by atoms with Crippen LogP contribution in [0.15, 0.2) is 6.07 Å². The number of aromatic nitrogens is 4. The molecule has 0 unspecified atom stereocenters. The summed E-state index contributed by atoms with van der Waals surface area (Å²) in [4.78, 5) is 4.16. The molecule has 6 heteroatoms. The van der Waals surface area contributed by atoms with Crippen molar-refractivity contribution >= 4 is 22.6 Å². The third-order valence-electron chi connectivity index (χ3n) is 2.72. The van der Waals surface area contributed by atoms with Crippen LogP contribution in [0.3, 0.4) is 0 Å². The average molecular weight is 255 g/mol. The minimum atomic E-state index is 0.169. The lowest BCUT2D eigenvalue weighted by atomic mass is 10.2. The summed E-state index contributed by atoms with van der Waals surface area (Å²) in [5.74, 6) is 0. The van der Waals surface area contributed by atoms with E-state index in [1.807, 2.05) is 17.7 Å². The number of fused-ring (bicyclic) bond motifs is 1. The van der Waals surface area contributed by atoms with Crippen molar-refractivity contribution in [3.8, 4) is 0 Å². The van der Waals surface area contributed by atoms with Gasteiger partial charge in [0.2, 0.25) is 0 Å². The number of halogens is 1. The molecular weight excluding hydrogens is 240 g/mol. The van der Waals surface area contributed by atoms with Crippen molar-refractivity contribution in [3.63, 3.8) is 0 Å². The number of ether oxygens (including phenoxy) is 1. The van der Waals surface area contributed by atoms with E-state index in [-0.39, 0.29) is 6.04 Å². The van der Waals surface area contributed by atoms with Crippen LogP contribution in [0, 0.1) is 6.92 Å². The molecule has 0 fully saturated rings. The molecule has 0 bridgehead atoms. The number of methoxy groups -OCH3 is 1. The van der Waals surface area contributed by atoms with E-state index < -0.39 is 0 Å². The van der Waals surface area contributed by atoms with Gasteiger partial charge in [-0.3, -0.25) is 0 Å². The fourth-order valence-electron chi connectivity index (χ4n) is 1.84. The zero-order valence-electron chi connectivity index (χ0n) is 10.1. The van der Waals surface area contributed by atoms with E-state index in [2.05, 4.69) is 22.2 Å². The van der Waals surface area contributed by atoms with Crippen LogP contribution in [0.2, 0.25) is 5.15 Å². The summed E-state index contributed by atoms with van der Waals surface area (Å²) in [5, 5.41) is 8.62. The molecule has 2 aromatic rings. The molecule has 1 atom stereocenters. The van der Waals surface area contributed by atoms with Gasteiger partial charge in [0.15, 0.2) is 5.15 Å². The van der Waals surface area contributed by atoms with Gasteiger partial charge in [-0.15, -0.1) is 5.10 Å². The van der Waals surface area contributed by atoms with E-state index in [0.717, 1.165) is 17.6 Å². The molecule has 0 saturated heterocycles. The number of hydrogen-bond acceptors (Lipinski definition) is 4. The van der Waals surface area contributed by atoms with Crippen LogP contribution < -0.4 is 0 Å². The molecule has 92 valence electrons. The Bertz CT molecular complexity index is 525. The number of pyridine rings is 1. The summed E-state index contributed by atoms with van der Waals surface area (Å²) >= 11 is 6.04. The maximum absolute atomic E-state index is 6.04. The van der Waals surface area contributed by atoms with Crippen LogP contribution >= 0.6 is 11.6 Å². The first-order valence-electron chi connectivity index (χ1n) is 5.54. The first kappa shape index (κ1) is 12.3. The first-order chi connectivity index (χ1) is 8.17. The summed E-state index contributed by atoms with van der Waals surface area (Å²) in [5.41, 5.74) is 2.41. The van der Waals surface area contributed by atoms with Gasteiger partial charge in [-0.25, -0.2) is 9.67 Å². The lowest BCUT2D eigenvalue weighted by molar-refractivity contribution is 0.148. The minimum absolute atomic E-state index is 0.169. The van der Waals surface area contributed by atoms with E-state index in [9.17, 15) is 0 Å². The molecule has 2 aromatic heterocycles. The van der Waals surface area contributed by atoms with Gasteiger partial charge < -0.3 is 4.74 Å². The number of nitrogens with zero attached hydrogens (tertiary/aromatic N) is 4. The van der Waals surface area contributed by atoms with Crippen LogP contribution in [0.1, 0.15) is 25.1 Å². The predicted octanol–water partition coefficient (Wildman–Crippen LogP) is 2.39. The molecule has 17 heavy (non-hydrogen) atoms. The predicted molar refractivity (Wildman–Crippen MR) is 66.3 cm³/mol. The smallest absolute Gasteiger partial charge is 0.159 e. The highest BCUT2D eigenvalue weighted by Crippen LogP contribution is 2.23. The fourth-order valence-corrected chi connectivity index (χ4v) is 2.11. The highest BCUT2D eigenvalue weighted by Gasteiger charge is 2.16. The average Bonchev–Trinajstić information content (AvgIpc) is 2.69. The Morgan fingerprint density at radius 2 is 2.29 bits per heavy atom. The molecule has 5 nitrogen and oxygen atoms in total. The Morgan fingerprint density at radius 1 is 1.53 bits per heavy atom. The Labute approximate surface area is 105 Å². The van der Waals surface area contributed by atoms with Gasteiger partial charge in [-0.05, 0) is 19.4 Å². The topological polar surface area (TPSA) is 52.8 Å². The summed E-state index contributed by atoms with van der Waals surface area (Å²) in [6, 6.07) is 2.11. The van der Waals surface area contributed by atoms with Gasteiger partial charge >= 0.3 is 0 Å². The maximum atomic E-state index is 6.04. The van der Waals surface area contributed by atoms with Crippen LogP contribution in [0.25, 0.3) is 11.0 Å². The Morgan fingerprint density at radius 3 is 2.94 bits per heavy atom. The van der Waals surface area contributed by atoms with Gasteiger partial charge in [-0.2, -0.15) is 0 Å². The van der Waals surface area contributed by atoms with Crippen molar-refractivity contribution in [1.29, 1.82) is 0 Å². The van der Waals surface area contributed by atoms with Gasteiger partial charge in [0, 0.05) is 12.8 Å². The van der Waals surface area contributed by atoms with E-state index >= 15 is 0 Å². The van der Waals surface area contributed by atoms with Gasteiger partial charge in [0.05, 0.1) is 18.2 Å². The summed E-state index contributed by atoms with van der Waals surface area (Å²) in [7, 11) is 1.68.